The van der Waals surface area contributed by atoms with E-state index < -0.39 is 7.25 Å². The molecule has 0 radical (unpaired) electrons. The van der Waals surface area contributed by atoms with Crippen LogP contribution in [0.4, 0.5) is 23.0 Å². The van der Waals surface area contributed by atoms with Gasteiger partial charge in [0.05, 0.1) is 30.8 Å². The molecule has 4 nitrogen and oxygen atoms in total. The standard InChI is InChI=1S/C13H12N2.C7H7O.C2H3N.C2H4.BF4.Pt/c1-11-6-5-9-13(15-11)10-14-12-7-3-2-4-8-12;1-8-7-5-3-2-4-6-7;1-2-3;1-2;2-1(3,4)5;/h2-10H,1H3;3-6H,1H3;1H3;1-2H2;;/q;-1;;;-1;+2. The van der Waals surface area contributed by atoms with Crippen molar-refractivity contribution in [2.45, 2.75) is 13.8 Å². The number of aromatic nitrogens is 1. The molecule has 0 fully saturated rings. The van der Waals surface area contributed by atoms with E-state index in [-0.39, 0.29) is 21.1 Å². The first kappa shape index (κ1) is 35.4. The molecule has 0 spiro atoms. The van der Waals surface area contributed by atoms with Gasteiger partial charge in [0.2, 0.25) is 0 Å². The zero-order chi connectivity index (χ0) is 25.5. The molecule has 0 saturated heterocycles. The molecule has 0 aliphatic carbocycles. The van der Waals surface area contributed by atoms with Gasteiger partial charge in [-0.25, -0.2) is 0 Å². The van der Waals surface area contributed by atoms with Crippen molar-refractivity contribution in [3.05, 3.63) is 103 Å². The third-order valence-corrected chi connectivity index (χ3v) is 2.94. The number of aliphatic imine (C=N–C) groups is 1. The van der Waals surface area contributed by atoms with Crippen molar-refractivity contribution >= 4 is 19.2 Å². The van der Waals surface area contributed by atoms with Crippen LogP contribution in [0.5, 0.6) is 5.75 Å². The Hall–Kier alpha value is -3.24. The fourth-order valence-electron chi connectivity index (χ4n) is 1.80. The molecule has 0 unspecified atom stereocenters. The summed E-state index contributed by atoms with van der Waals surface area (Å²) in [5.41, 5.74) is 2.84. The molecular weight excluding hydrogens is 628 g/mol. The first-order valence-electron chi connectivity index (χ1n) is 9.40. The van der Waals surface area contributed by atoms with E-state index in [2.05, 4.69) is 29.2 Å². The Morgan fingerprint density at radius 1 is 1.00 bits per heavy atom. The summed E-state index contributed by atoms with van der Waals surface area (Å²) in [6.07, 6.45) is 1.78. The molecule has 10 heteroatoms. The molecule has 0 aliphatic rings. The zero-order valence-electron chi connectivity index (χ0n) is 19.1. The number of benzene rings is 2. The maximum atomic E-state index is 9.75. The van der Waals surface area contributed by atoms with Crippen LogP contribution < -0.4 is 4.74 Å². The molecule has 3 aromatic rings. The van der Waals surface area contributed by atoms with E-state index in [0.717, 1.165) is 22.8 Å². The molecule has 0 bridgehead atoms. The third-order valence-electron chi connectivity index (χ3n) is 2.94. The van der Waals surface area contributed by atoms with E-state index in [1.807, 2.05) is 79.7 Å². The molecule has 2 aromatic carbocycles. The van der Waals surface area contributed by atoms with Gasteiger partial charge in [0.25, 0.3) is 0 Å². The molecule has 0 atom stereocenters. The van der Waals surface area contributed by atoms with Crippen molar-refractivity contribution in [3.8, 4) is 11.8 Å². The number of halogens is 4. The summed E-state index contributed by atoms with van der Waals surface area (Å²) in [6, 6.07) is 27.7. The maximum Gasteiger partial charge on any atom is 2.00 e. The van der Waals surface area contributed by atoms with Crippen LogP contribution in [0.3, 0.4) is 0 Å². The minimum Gasteiger partial charge on any atom is -0.522 e. The molecule has 3 rings (SSSR count). The number of para-hydroxylation sites is 1. The smallest absolute Gasteiger partial charge is 0.522 e. The van der Waals surface area contributed by atoms with Gasteiger partial charge in [-0.15, -0.1) is 25.3 Å². The Balaban J connectivity index is -0.000000429. The molecule has 0 N–H and O–H groups in total. The second-order valence-corrected chi connectivity index (χ2v) is 5.46. The molecule has 34 heavy (non-hydrogen) atoms. The van der Waals surface area contributed by atoms with E-state index in [1.54, 1.807) is 19.4 Å². The summed E-state index contributed by atoms with van der Waals surface area (Å²) in [5, 5.41) is 7.32. The van der Waals surface area contributed by atoms with Gasteiger partial charge < -0.3 is 22.0 Å². The molecule has 0 aliphatic heterocycles. The van der Waals surface area contributed by atoms with Crippen LogP contribution in [0.1, 0.15) is 18.3 Å². The van der Waals surface area contributed by atoms with Crippen LogP contribution in [-0.4, -0.2) is 25.6 Å². The summed E-state index contributed by atoms with van der Waals surface area (Å²) in [4.78, 5) is 8.67. The van der Waals surface area contributed by atoms with Crippen molar-refractivity contribution in [3.63, 3.8) is 0 Å². The average molecular weight is 654 g/mol. The number of rotatable bonds is 3. The Bertz CT molecular complexity index is 932. The minimum atomic E-state index is -6.00. The van der Waals surface area contributed by atoms with Crippen molar-refractivity contribution in [2.75, 3.05) is 7.11 Å². The van der Waals surface area contributed by atoms with Crippen molar-refractivity contribution in [2.24, 2.45) is 4.99 Å². The molecule has 0 saturated carbocycles. The predicted octanol–water partition coefficient (Wildman–Crippen LogP) is 7.27. The van der Waals surface area contributed by atoms with Crippen molar-refractivity contribution < 1.29 is 43.1 Å². The van der Waals surface area contributed by atoms with E-state index >= 15 is 0 Å². The second-order valence-electron chi connectivity index (χ2n) is 5.46. The van der Waals surface area contributed by atoms with Crippen LogP contribution >= 0.6 is 0 Å². The fraction of sp³-hybridized carbons (Fsp3) is 0.125. The average Bonchev–Trinajstić information content (AvgIpc) is 2.80. The van der Waals surface area contributed by atoms with Gasteiger partial charge in [0.15, 0.2) is 0 Å². The summed E-state index contributed by atoms with van der Waals surface area (Å²) in [6.45, 7) is 9.40. The van der Waals surface area contributed by atoms with Crippen LogP contribution in [-0.2, 0) is 21.1 Å². The SMILES string of the molecule is C=C.CC#N.COc1cc[c-]cc1.Cc1cccc(C=Nc2ccccc2)n1.F[B-](F)(F)F.[Pt+2]. The van der Waals surface area contributed by atoms with Crippen LogP contribution in [0.2, 0.25) is 0 Å². The number of pyridine rings is 1. The second kappa shape index (κ2) is 22.9. The summed E-state index contributed by atoms with van der Waals surface area (Å²) >= 11 is 0. The Morgan fingerprint density at radius 3 is 1.91 bits per heavy atom. The largest absolute Gasteiger partial charge is 2.00 e. The number of nitrogens with zero attached hydrogens (tertiary/aromatic N) is 3. The fourth-order valence-corrected chi connectivity index (χ4v) is 1.80. The summed E-state index contributed by atoms with van der Waals surface area (Å²) < 4.78 is 43.9. The monoisotopic (exact) mass is 654 g/mol. The number of nitriles is 1. The summed E-state index contributed by atoms with van der Waals surface area (Å²) in [7, 11) is -4.35. The number of aryl methyl sites for hydroxylation is 1. The van der Waals surface area contributed by atoms with Gasteiger partial charge in [-0.3, -0.25) is 9.98 Å². The first-order valence-corrected chi connectivity index (χ1v) is 9.40. The van der Waals surface area contributed by atoms with Crippen LogP contribution in [0.15, 0.2) is 90.9 Å². The topological polar surface area (TPSA) is 58.3 Å². The van der Waals surface area contributed by atoms with Crippen LogP contribution in [0.25, 0.3) is 0 Å². The Labute approximate surface area is 213 Å². The minimum absolute atomic E-state index is 0. The van der Waals surface area contributed by atoms with Gasteiger partial charge in [-0.05, 0) is 31.2 Å². The number of hydrogen-bond acceptors (Lipinski definition) is 4. The normalized spacial score (nSPS) is 8.88. The third kappa shape index (κ3) is 25.0. The van der Waals surface area contributed by atoms with Gasteiger partial charge in [0, 0.05) is 18.4 Å². The molecule has 184 valence electrons. The molecule has 0 amide bonds. The zero-order valence-corrected chi connectivity index (χ0v) is 21.3. The van der Waals surface area contributed by atoms with Gasteiger partial charge in [-0.1, -0.05) is 24.3 Å². The van der Waals surface area contributed by atoms with Crippen molar-refractivity contribution in [1.82, 2.24) is 4.98 Å². The van der Waals surface area contributed by atoms with E-state index in [4.69, 9.17) is 10.00 Å². The van der Waals surface area contributed by atoms with E-state index in [0.29, 0.717) is 0 Å². The number of hydrogen-bond donors (Lipinski definition) is 0. The molecule has 1 aromatic heterocycles. The van der Waals surface area contributed by atoms with Crippen LogP contribution in [0, 0.1) is 24.3 Å². The van der Waals surface area contributed by atoms with E-state index in [9.17, 15) is 17.3 Å². The Morgan fingerprint density at radius 2 is 1.50 bits per heavy atom. The van der Waals surface area contributed by atoms with Gasteiger partial charge in [0.1, 0.15) is 0 Å². The predicted molar refractivity (Wildman–Crippen MR) is 127 cm³/mol. The number of ether oxygens (including phenoxy) is 1. The summed E-state index contributed by atoms with van der Waals surface area (Å²) in [5.74, 6) is 0.878. The number of methoxy groups -OCH3 is 1. The van der Waals surface area contributed by atoms with Crippen molar-refractivity contribution in [1.29, 1.82) is 5.26 Å². The Kier molecular flexibility index (Phi) is 23.9. The molecule has 1 heterocycles. The van der Waals surface area contributed by atoms with E-state index in [1.165, 1.54) is 6.92 Å². The first-order chi connectivity index (χ1) is 15.7. The van der Waals surface area contributed by atoms with Gasteiger partial charge in [-0.2, -0.15) is 23.5 Å². The maximum absolute atomic E-state index is 9.75. The van der Waals surface area contributed by atoms with Gasteiger partial charge >= 0.3 is 28.3 Å². The molecular formula is C24H26BF4N3OPt. The quantitative estimate of drug-likeness (QED) is 0.0983.